The molecule has 0 amide bonds. The fourth-order valence-corrected chi connectivity index (χ4v) is 3.34. The predicted molar refractivity (Wildman–Crippen MR) is 115 cm³/mol. The van der Waals surface area contributed by atoms with Gasteiger partial charge in [0.15, 0.2) is 0 Å². The highest BCUT2D eigenvalue weighted by molar-refractivity contribution is 5.90. The average molecular weight is 364 g/mol. The first kappa shape index (κ1) is 17.6. The number of H-pyrrole nitrogens is 1. The van der Waals surface area contributed by atoms with Crippen molar-refractivity contribution in [2.45, 2.75) is 13.8 Å². The summed E-state index contributed by atoms with van der Waals surface area (Å²) in [7, 11) is 0. The van der Waals surface area contributed by atoms with Crippen molar-refractivity contribution < 1.29 is 0 Å². The Bertz CT molecular complexity index is 1210. The number of rotatable bonds is 4. The van der Waals surface area contributed by atoms with E-state index in [0.717, 1.165) is 44.7 Å². The molecule has 0 bridgehead atoms. The van der Waals surface area contributed by atoms with E-state index in [-0.39, 0.29) is 0 Å². The number of aryl methyl sites for hydroxylation is 2. The van der Waals surface area contributed by atoms with Crippen molar-refractivity contribution in [2.75, 3.05) is 5.32 Å². The summed E-state index contributed by atoms with van der Waals surface area (Å²) in [6.07, 6.45) is 7.62. The smallest absolute Gasteiger partial charge is 0.103 e. The molecule has 4 nitrogen and oxygen atoms in total. The van der Waals surface area contributed by atoms with Gasteiger partial charge in [-0.2, -0.15) is 5.26 Å². The van der Waals surface area contributed by atoms with Crippen LogP contribution in [0.3, 0.4) is 0 Å². The van der Waals surface area contributed by atoms with Gasteiger partial charge in [0, 0.05) is 40.2 Å². The van der Waals surface area contributed by atoms with E-state index in [2.05, 4.69) is 34.3 Å². The molecule has 0 aliphatic carbocycles. The molecule has 2 aromatic carbocycles. The monoisotopic (exact) mass is 364 g/mol. The molecule has 0 unspecified atom stereocenters. The molecule has 4 heteroatoms. The van der Waals surface area contributed by atoms with E-state index in [4.69, 9.17) is 0 Å². The number of aromatic amines is 1. The highest BCUT2D eigenvalue weighted by atomic mass is 14.9. The van der Waals surface area contributed by atoms with Crippen LogP contribution >= 0.6 is 0 Å². The second kappa shape index (κ2) is 7.42. The topological polar surface area (TPSA) is 64.5 Å². The van der Waals surface area contributed by atoms with Crippen molar-refractivity contribution in [3.8, 4) is 6.07 Å². The second-order valence-corrected chi connectivity index (χ2v) is 6.70. The van der Waals surface area contributed by atoms with Crippen LogP contribution in [0.25, 0.3) is 23.1 Å². The maximum atomic E-state index is 9.65. The third-order valence-electron chi connectivity index (χ3n) is 4.94. The lowest BCUT2D eigenvalue weighted by Crippen LogP contribution is -2.02. The highest BCUT2D eigenvalue weighted by Crippen LogP contribution is 2.32. The van der Waals surface area contributed by atoms with E-state index in [1.165, 1.54) is 0 Å². The normalized spacial score (nSPS) is 11.0. The molecule has 0 saturated heterocycles. The van der Waals surface area contributed by atoms with Crippen LogP contribution in [0.15, 0.2) is 60.9 Å². The van der Waals surface area contributed by atoms with Crippen molar-refractivity contribution in [2.24, 2.45) is 0 Å². The van der Waals surface area contributed by atoms with E-state index in [1.54, 1.807) is 6.20 Å². The van der Waals surface area contributed by atoms with Gasteiger partial charge >= 0.3 is 0 Å². The zero-order valence-electron chi connectivity index (χ0n) is 15.8. The first-order valence-corrected chi connectivity index (χ1v) is 9.14. The molecule has 0 aliphatic rings. The van der Waals surface area contributed by atoms with Crippen LogP contribution in [0, 0.1) is 25.2 Å². The SMILES string of the molecule is Cc1ncc(C#N)c(Nc2ccc3[nH]ccc3c2C)c1C=Cc1ccccc1. The maximum absolute atomic E-state index is 9.65. The second-order valence-electron chi connectivity index (χ2n) is 6.70. The van der Waals surface area contributed by atoms with Gasteiger partial charge in [0.25, 0.3) is 0 Å². The Hall–Kier alpha value is -3.84. The summed E-state index contributed by atoms with van der Waals surface area (Å²) in [5.74, 6) is 0. The van der Waals surface area contributed by atoms with Gasteiger partial charge < -0.3 is 10.3 Å². The number of pyridine rings is 1. The molecule has 2 heterocycles. The van der Waals surface area contributed by atoms with Gasteiger partial charge in [0.05, 0.1) is 11.3 Å². The van der Waals surface area contributed by atoms with Gasteiger partial charge in [0.2, 0.25) is 0 Å². The van der Waals surface area contributed by atoms with Crippen LogP contribution in [0.1, 0.15) is 27.9 Å². The van der Waals surface area contributed by atoms with Gasteiger partial charge in [-0.25, -0.2) is 0 Å². The third-order valence-corrected chi connectivity index (χ3v) is 4.94. The lowest BCUT2D eigenvalue weighted by atomic mass is 10.0. The van der Waals surface area contributed by atoms with Crippen LogP contribution in [0.2, 0.25) is 0 Å². The van der Waals surface area contributed by atoms with Crippen molar-refractivity contribution in [1.82, 2.24) is 9.97 Å². The molecule has 4 aromatic rings. The van der Waals surface area contributed by atoms with Crippen LogP contribution in [-0.4, -0.2) is 9.97 Å². The Labute approximate surface area is 164 Å². The Kier molecular flexibility index (Phi) is 4.65. The number of benzene rings is 2. The zero-order chi connectivity index (χ0) is 19.5. The molecular formula is C24H20N4. The number of aromatic nitrogens is 2. The molecular weight excluding hydrogens is 344 g/mol. The van der Waals surface area contributed by atoms with E-state index in [9.17, 15) is 5.26 Å². The lowest BCUT2D eigenvalue weighted by molar-refractivity contribution is 1.18. The summed E-state index contributed by atoms with van der Waals surface area (Å²) in [5, 5.41) is 14.3. The molecule has 2 N–H and O–H groups in total. The van der Waals surface area contributed by atoms with E-state index in [0.29, 0.717) is 5.56 Å². The minimum absolute atomic E-state index is 0.520. The lowest BCUT2D eigenvalue weighted by Gasteiger charge is -2.15. The summed E-state index contributed by atoms with van der Waals surface area (Å²) in [6, 6.07) is 18.5. The van der Waals surface area contributed by atoms with Gasteiger partial charge in [-0.3, -0.25) is 4.98 Å². The molecule has 0 aliphatic heterocycles. The number of hydrogen-bond donors (Lipinski definition) is 2. The van der Waals surface area contributed by atoms with Crippen LogP contribution in [0.4, 0.5) is 11.4 Å². The molecule has 0 radical (unpaired) electrons. The maximum Gasteiger partial charge on any atom is 0.103 e. The Morgan fingerprint density at radius 1 is 1.04 bits per heavy atom. The van der Waals surface area contributed by atoms with Crippen LogP contribution in [0.5, 0.6) is 0 Å². The van der Waals surface area contributed by atoms with Gasteiger partial charge in [-0.15, -0.1) is 0 Å². The number of nitrogens with zero attached hydrogens (tertiary/aromatic N) is 2. The number of hydrogen-bond acceptors (Lipinski definition) is 3. The van der Waals surface area contributed by atoms with Gasteiger partial charge in [-0.1, -0.05) is 42.5 Å². The summed E-state index contributed by atoms with van der Waals surface area (Å²) in [5.41, 5.74) is 7.38. The molecule has 0 atom stereocenters. The Morgan fingerprint density at radius 3 is 2.64 bits per heavy atom. The zero-order valence-corrected chi connectivity index (χ0v) is 15.8. The van der Waals surface area contributed by atoms with E-state index in [1.807, 2.05) is 67.7 Å². The number of nitrogens with one attached hydrogen (secondary N) is 2. The standard InChI is InChI=1S/C24H20N4/c1-16-20-12-13-26-23(20)11-10-22(16)28-24-19(14-25)15-27-17(2)21(24)9-8-18-6-4-3-5-7-18/h3-13,15,26H,1-2H3,(H,27,28). The highest BCUT2D eigenvalue weighted by Gasteiger charge is 2.13. The molecule has 2 aromatic heterocycles. The van der Waals surface area contributed by atoms with E-state index < -0.39 is 0 Å². The first-order valence-electron chi connectivity index (χ1n) is 9.14. The fourth-order valence-electron chi connectivity index (χ4n) is 3.34. The predicted octanol–water partition coefficient (Wildman–Crippen LogP) is 5.97. The van der Waals surface area contributed by atoms with Crippen molar-refractivity contribution in [3.63, 3.8) is 0 Å². The number of nitriles is 1. The molecule has 4 rings (SSSR count). The summed E-state index contributed by atoms with van der Waals surface area (Å²) >= 11 is 0. The van der Waals surface area contributed by atoms with E-state index >= 15 is 0 Å². The van der Waals surface area contributed by atoms with Crippen molar-refractivity contribution in [3.05, 3.63) is 88.9 Å². The molecule has 0 saturated carbocycles. The number of fused-ring (bicyclic) bond motifs is 1. The average Bonchev–Trinajstić information content (AvgIpc) is 3.20. The summed E-state index contributed by atoms with van der Waals surface area (Å²) < 4.78 is 0. The van der Waals surface area contributed by atoms with Gasteiger partial charge in [0.1, 0.15) is 6.07 Å². The van der Waals surface area contributed by atoms with Crippen molar-refractivity contribution >= 4 is 34.4 Å². The quantitative estimate of drug-likeness (QED) is 0.469. The first-order chi connectivity index (χ1) is 13.7. The number of anilines is 2. The molecule has 28 heavy (non-hydrogen) atoms. The van der Waals surface area contributed by atoms with Gasteiger partial charge in [-0.05, 0) is 43.2 Å². The molecule has 0 fully saturated rings. The van der Waals surface area contributed by atoms with Crippen LogP contribution in [-0.2, 0) is 0 Å². The molecule has 0 spiro atoms. The van der Waals surface area contributed by atoms with Crippen molar-refractivity contribution in [1.29, 1.82) is 5.26 Å². The Balaban J connectivity index is 1.80. The summed E-state index contributed by atoms with van der Waals surface area (Å²) in [4.78, 5) is 7.64. The summed E-state index contributed by atoms with van der Waals surface area (Å²) in [6.45, 7) is 4.04. The Morgan fingerprint density at radius 2 is 1.86 bits per heavy atom. The molecule has 136 valence electrons. The largest absolute Gasteiger partial charge is 0.361 e. The fraction of sp³-hybridized carbons (Fsp3) is 0.0833. The minimum atomic E-state index is 0.520. The third kappa shape index (κ3) is 3.26. The van der Waals surface area contributed by atoms with Crippen LogP contribution < -0.4 is 5.32 Å². The minimum Gasteiger partial charge on any atom is -0.361 e.